The SMILES string of the molecule is COc1cc2cc(c1OC)OCCC[C@@H](O/N=C/c1ccccc1)CCN1CCCN(CCCOC2=O)CC1. The van der Waals surface area contributed by atoms with E-state index in [9.17, 15) is 4.79 Å². The Morgan fingerprint density at radius 2 is 1.59 bits per heavy atom. The van der Waals surface area contributed by atoms with E-state index in [2.05, 4.69) is 15.0 Å². The molecule has 4 rings (SSSR count). The minimum absolute atomic E-state index is 0.0345. The summed E-state index contributed by atoms with van der Waals surface area (Å²) in [5.74, 6) is 0.935. The van der Waals surface area contributed by atoms with Crippen LogP contribution in [0.1, 0.15) is 48.0 Å². The van der Waals surface area contributed by atoms with Crippen molar-refractivity contribution in [1.29, 1.82) is 0 Å². The van der Waals surface area contributed by atoms with Gasteiger partial charge in [-0.25, -0.2) is 4.79 Å². The molecule has 0 radical (unpaired) electrons. The van der Waals surface area contributed by atoms with Crippen molar-refractivity contribution in [3.63, 3.8) is 0 Å². The average Bonchev–Trinajstić information content (AvgIpc) is 3.20. The summed E-state index contributed by atoms with van der Waals surface area (Å²) in [5, 5.41) is 4.31. The topological polar surface area (TPSA) is 82.1 Å². The van der Waals surface area contributed by atoms with E-state index < -0.39 is 5.97 Å². The molecule has 2 aliphatic rings. The van der Waals surface area contributed by atoms with E-state index in [1.54, 1.807) is 25.5 Å². The van der Waals surface area contributed by atoms with E-state index >= 15 is 0 Å². The zero-order valence-corrected chi connectivity index (χ0v) is 23.2. The number of carbonyl (C=O) groups excluding carboxylic acids is 1. The third-order valence-corrected chi connectivity index (χ3v) is 7.12. The molecule has 2 aromatic carbocycles. The van der Waals surface area contributed by atoms with Gasteiger partial charge in [0.15, 0.2) is 11.5 Å². The van der Waals surface area contributed by atoms with Gasteiger partial charge in [0.1, 0.15) is 6.10 Å². The summed E-state index contributed by atoms with van der Waals surface area (Å²) < 4.78 is 22.7. The molecule has 4 bridgehead atoms. The van der Waals surface area contributed by atoms with Gasteiger partial charge in [0.05, 0.1) is 39.2 Å². The zero-order valence-electron chi connectivity index (χ0n) is 23.2. The quantitative estimate of drug-likeness (QED) is 0.317. The lowest BCUT2D eigenvalue weighted by atomic mass is 10.1. The molecule has 0 N–H and O–H groups in total. The molecule has 9 nitrogen and oxygen atoms in total. The van der Waals surface area contributed by atoms with Gasteiger partial charge in [-0.1, -0.05) is 35.5 Å². The van der Waals surface area contributed by atoms with Crippen LogP contribution in [0.5, 0.6) is 17.2 Å². The first-order chi connectivity index (χ1) is 19.2. The molecule has 0 aromatic heterocycles. The number of nitrogens with zero attached hydrogens (tertiary/aromatic N) is 3. The summed E-state index contributed by atoms with van der Waals surface area (Å²) in [7, 11) is 3.10. The molecule has 0 spiro atoms. The van der Waals surface area contributed by atoms with Crippen molar-refractivity contribution in [2.24, 2.45) is 5.16 Å². The number of methoxy groups -OCH3 is 2. The molecule has 212 valence electrons. The van der Waals surface area contributed by atoms with Crippen molar-refractivity contribution in [2.45, 2.75) is 38.2 Å². The largest absolute Gasteiger partial charge is 0.493 e. The fourth-order valence-electron chi connectivity index (χ4n) is 4.95. The summed E-state index contributed by atoms with van der Waals surface area (Å²) >= 11 is 0. The molecule has 0 aliphatic carbocycles. The number of fused-ring (bicyclic) bond motifs is 5. The van der Waals surface area contributed by atoms with E-state index in [0.717, 1.165) is 76.9 Å². The molecule has 2 aromatic rings. The number of oxime groups is 1. The Morgan fingerprint density at radius 3 is 2.36 bits per heavy atom. The van der Waals surface area contributed by atoms with Crippen molar-refractivity contribution < 1.29 is 28.6 Å². The zero-order chi connectivity index (χ0) is 27.3. The number of benzene rings is 2. The van der Waals surface area contributed by atoms with E-state index in [4.69, 9.17) is 23.8 Å². The van der Waals surface area contributed by atoms with Crippen LogP contribution < -0.4 is 14.2 Å². The predicted molar refractivity (Wildman–Crippen MR) is 150 cm³/mol. The molecule has 3 atom stereocenters. The number of carbonyl (C=O) groups is 1. The fourth-order valence-corrected chi connectivity index (χ4v) is 4.95. The molecule has 2 unspecified atom stereocenters. The van der Waals surface area contributed by atoms with Crippen molar-refractivity contribution in [2.75, 3.05) is 66.7 Å². The van der Waals surface area contributed by atoms with E-state index in [0.29, 0.717) is 36.0 Å². The van der Waals surface area contributed by atoms with Crippen LogP contribution in [0.3, 0.4) is 0 Å². The van der Waals surface area contributed by atoms with Crippen LogP contribution in [-0.4, -0.2) is 94.8 Å². The van der Waals surface area contributed by atoms with Gasteiger partial charge in [-0.2, -0.15) is 0 Å². The Kier molecular flexibility index (Phi) is 11.3. The molecule has 39 heavy (non-hydrogen) atoms. The number of cyclic esters (lactones) is 1. The lowest BCUT2D eigenvalue weighted by molar-refractivity contribution is 0.0363. The van der Waals surface area contributed by atoms with Crippen molar-refractivity contribution in [3.05, 3.63) is 53.6 Å². The van der Waals surface area contributed by atoms with E-state index in [-0.39, 0.29) is 6.10 Å². The number of hydrogen-bond donors (Lipinski definition) is 0. The first kappa shape index (κ1) is 28.7. The molecule has 0 amide bonds. The second-order valence-corrected chi connectivity index (χ2v) is 9.89. The Labute approximate surface area is 231 Å². The molecular formula is C30H41N3O6. The van der Waals surface area contributed by atoms with Crippen molar-refractivity contribution in [1.82, 2.24) is 9.80 Å². The van der Waals surface area contributed by atoms with Crippen LogP contribution in [0, 0.1) is 0 Å². The number of esters is 1. The lowest BCUT2D eigenvalue weighted by Gasteiger charge is -2.23. The summed E-state index contributed by atoms with van der Waals surface area (Å²) in [4.78, 5) is 23.8. The molecule has 2 aliphatic heterocycles. The van der Waals surface area contributed by atoms with E-state index in [1.807, 2.05) is 30.3 Å². The molecule has 9 heteroatoms. The monoisotopic (exact) mass is 539 g/mol. The summed E-state index contributed by atoms with van der Waals surface area (Å²) in [6, 6.07) is 13.3. The van der Waals surface area contributed by atoms with Crippen LogP contribution >= 0.6 is 0 Å². The fraction of sp³-hybridized carbons (Fsp3) is 0.533. The van der Waals surface area contributed by atoms with Gasteiger partial charge in [0.25, 0.3) is 0 Å². The maximum Gasteiger partial charge on any atom is 0.338 e. The summed E-state index contributed by atoms with van der Waals surface area (Å²) in [5.41, 5.74) is 1.38. The number of hydrogen-bond acceptors (Lipinski definition) is 9. The first-order valence-electron chi connectivity index (χ1n) is 13.9. The first-order valence-corrected chi connectivity index (χ1v) is 13.9. The third kappa shape index (κ3) is 8.86. The Hall–Kier alpha value is -3.30. The smallest absolute Gasteiger partial charge is 0.338 e. The molecule has 2 heterocycles. The molecule has 1 saturated heterocycles. The number of rotatable bonds is 5. The van der Waals surface area contributed by atoms with Crippen LogP contribution in [-0.2, 0) is 9.57 Å². The second-order valence-electron chi connectivity index (χ2n) is 9.89. The number of ether oxygens (including phenoxy) is 4. The van der Waals surface area contributed by atoms with Crippen LogP contribution in [0.4, 0.5) is 0 Å². The van der Waals surface area contributed by atoms with Gasteiger partial charge in [-0.05, 0) is 62.9 Å². The minimum atomic E-state index is -0.398. The third-order valence-electron chi connectivity index (χ3n) is 7.12. The van der Waals surface area contributed by atoms with Gasteiger partial charge in [0.2, 0.25) is 5.75 Å². The standard InChI is InChI=1S/C30H41N3O6/c1-35-27-21-25-22-28(29(27)36-2)37-19-6-11-26(39-31-23-24-9-4-3-5-10-24)12-16-33-14-7-13-32(17-18-33)15-8-20-38-30(25)34/h3-5,9-10,21-23,26H,6-8,11-20H2,1-2H3/b31-23+/t26-/m1/s1. The van der Waals surface area contributed by atoms with Gasteiger partial charge >= 0.3 is 5.97 Å². The molecular weight excluding hydrogens is 498 g/mol. The Morgan fingerprint density at radius 1 is 0.846 bits per heavy atom. The van der Waals surface area contributed by atoms with Gasteiger partial charge < -0.3 is 33.6 Å². The predicted octanol–water partition coefficient (Wildman–Crippen LogP) is 4.24. The molecule has 0 saturated carbocycles. The van der Waals surface area contributed by atoms with Crippen LogP contribution in [0.25, 0.3) is 0 Å². The van der Waals surface area contributed by atoms with Gasteiger partial charge in [-0.3, -0.25) is 0 Å². The highest BCUT2D eigenvalue weighted by Gasteiger charge is 2.21. The van der Waals surface area contributed by atoms with Crippen molar-refractivity contribution >= 4 is 12.2 Å². The maximum atomic E-state index is 12.8. The highest BCUT2D eigenvalue weighted by Crippen LogP contribution is 2.38. The Bertz CT molecular complexity index is 1060. The summed E-state index contributed by atoms with van der Waals surface area (Å²) in [6.45, 7) is 6.83. The lowest BCUT2D eigenvalue weighted by Crippen LogP contribution is -2.33. The maximum absolute atomic E-state index is 12.8. The van der Waals surface area contributed by atoms with Crippen LogP contribution in [0.15, 0.2) is 47.6 Å². The molecule has 1 fully saturated rings. The van der Waals surface area contributed by atoms with Gasteiger partial charge in [-0.15, -0.1) is 0 Å². The minimum Gasteiger partial charge on any atom is -0.493 e. The normalized spacial score (nSPS) is 23.4. The second kappa shape index (κ2) is 15.3. The average molecular weight is 540 g/mol. The Balaban J connectivity index is 1.48. The highest BCUT2D eigenvalue weighted by molar-refractivity contribution is 5.91. The van der Waals surface area contributed by atoms with Gasteiger partial charge in [0, 0.05) is 26.2 Å². The van der Waals surface area contributed by atoms with E-state index in [1.165, 1.54) is 7.11 Å². The van der Waals surface area contributed by atoms with Crippen molar-refractivity contribution in [3.8, 4) is 17.2 Å². The highest BCUT2D eigenvalue weighted by atomic mass is 16.6. The van der Waals surface area contributed by atoms with Crippen LogP contribution in [0.2, 0.25) is 0 Å². The summed E-state index contributed by atoms with van der Waals surface area (Å²) in [6.07, 6.45) is 6.06.